The number of thiazole rings is 1. The monoisotopic (exact) mass is 519 g/mol. The van der Waals surface area contributed by atoms with Gasteiger partial charge in [-0.2, -0.15) is 0 Å². The molecule has 0 aromatic carbocycles. The molecule has 1 aromatic rings. The number of aromatic nitrogens is 1. The zero-order chi connectivity index (χ0) is 20.6. The van der Waals surface area contributed by atoms with Gasteiger partial charge in [0, 0.05) is 0 Å². The van der Waals surface area contributed by atoms with Crippen LogP contribution in [0.25, 0.3) is 0 Å². The summed E-state index contributed by atoms with van der Waals surface area (Å²) in [6.07, 6.45) is 8.17. The molecule has 0 aliphatic rings. The Morgan fingerprint density at radius 1 is 0.963 bits per heavy atom. The van der Waals surface area contributed by atoms with E-state index in [4.69, 9.17) is 9.41 Å². The maximum atomic E-state index is 6.46. The Morgan fingerprint density at radius 3 is 1.85 bits per heavy atom. The van der Waals surface area contributed by atoms with Gasteiger partial charge in [0.05, 0.1) is 0 Å². The second-order valence-electron chi connectivity index (χ2n) is 9.78. The predicted octanol–water partition coefficient (Wildman–Crippen LogP) is 7.72. The molecule has 0 N–H and O–H groups in total. The molecule has 0 saturated carbocycles. The molecule has 0 radical (unpaired) electrons. The van der Waals surface area contributed by atoms with Crippen molar-refractivity contribution in [2.45, 2.75) is 118 Å². The molecule has 5 heteroatoms. The van der Waals surface area contributed by atoms with Gasteiger partial charge < -0.3 is 0 Å². The summed E-state index contributed by atoms with van der Waals surface area (Å²) in [6.45, 7) is 19.4. The van der Waals surface area contributed by atoms with Crippen LogP contribution in [-0.2, 0) is 11.0 Å². The molecule has 27 heavy (non-hydrogen) atoms. The zero-order valence-corrected chi connectivity index (χ0v) is 24.1. The molecule has 0 aliphatic heterocycles. The van der Waals surface area contributed by atoms with Crippen LogP contribution in [0.2, 0.25) is 31.4 Å². The molecule has 1 rings (SSSR count). The molecule has 0 amide bonds. The van der Waals surface area contributed by atoms with Crippen molar-refractivity contribution in [2.24, 2.45) is 0 Å². The van der Waals surface area contributed by atoms with Crippen molar-refractivity contribution in [1.82, 2.24) is 4.98 Å². The third-order valence-electron chi connectivity index (χ3n) is 6.42. The maximum absolute atomic E-state index is 6.46. The summed E-state index contributed by atoms with van der Waals surface area (Å²) in [5, 5.41) is 2.58. The molecule has 0 fully saturated rings. The minimum absolute atomic E-state index is 0.262. The third-order valence-corrected chi connectivity index (χ3v) is 29.6. The first-order valence-corrected chi connectivity index (χ1v) is 22.5. The number of hydrogen-bond donors (Lipinski definition) is 0. The van der Waals surface area contributed by atoms with E-state index in [1.54, 1.807) is 3.02 Å². The van der Waals surface area contributed by atoms with Gasteiger partial charge in [-0.25, -0.2) is 0 Å². The van der Waals surface area contributed by atoms with Crippen molar-refractivity contribution in [3.8, 4) is 0 Å². The number of unbranched alkanes of at least 4 members (excludes halogenated alkanes) is 3. The Hall–Kier alpha value is 0.606. The second kappa shape index (κ2) is 11.7. The van der Waals surface area contributed by atoms with Crippen LogP contribution in [0.3, 0.4) is 0 Å². The van der Waals surface area contributed by atoms with E-state index in [1.807, 2.05) is 11.3 Å². The molecule has 1 heterocycles. The average Bonchev–Trinajstić information content (AvgIpc) is 3.08. The summed E-state index contributed by atoms with van der Waals surface area (Å²) >= 11 is -0.377. The Labute approximate surface area is 178 Å². The van der Waals surface area contributed by atoms with Crippen LogP contribution in [0.4, 0.5) is 0 Å². The first kappa shape index (κ1) is 25.6. The van der Waals surface area contributed by atoms with Gasteiger partial charge in [-0.3, -0.25) is 0 Å². The van der Waals surface area contributed by atoms with Gasteiger partial charge in [-0.05, 0) is 0 Å². The SMILES string of the molecule is CCC[CH2][Sn]([CH2]CCC)([CH2]CCC)[c]1nc(CO[Si](C)(C)C(C)(C)C)cs1. The van der Waals surface area contributed by atoms with Crippen LogP contribution in [0.15, 0.2) is 5.38 Å². The van der Waals surface area contributed by atoms with E-state index in [1.165, 1.54) is 57.5 Å². The fourth-order valence-electron chi connectivity index (χ4n) is 3.33. The summed E-state index contributed by atoms with van der Waals surface area (Å²) in [7, 11) is -1.71. The molecule has 0 aliphatic carbocycles. The van der Waals surface area contributed by atoms with Crippen molar-refractivity contribution in [2.75, 3.05) is 0 Å². The van der Waals surface area contributed by atoms with Crippen molar-refractivity contribution in [3.63, 3.8) is 0 Å². The van der Waals surface area contributed by atoms with Crippen LogP contribution in [0.1, 0.15) is 85.8 Å². The van der Waals surface area contributed by atoms with Gasteiger partial charge in [0.2, 0.25) is 0 Å². The molecular weight excluding hydrogens is 473 g/mol. The molecule has 2 nitrogen and oxygen atoms in total. The van der Waals surface area contributed by atoms with Crippen molar-refractivity contribution < 1.29 is 4.43 Å². The van der Waals surface area contributed by atoms with Gasteiger partial charge in [0.1, 0.15) is 0 Å². The van der Waals surface area contributed by atoms with E-state index in [2.05, 4.69) is 60.0 Å². The van der Waals surface area contributed by atoms with E-state index in [-0.39, 0.29) is 5.04 Å². The molecule has 0 spiro atoms. The van der Waals surface area contributed by atoms with E-state index in [0.29, 0.717) is 6.61 Å². The predicted molar refractivity (Wildman–Crippen MR) is 129 cm³/mol. The molecule has 0 bridgehead atoms. The minimum atomic E-state index is -2.36. The fourth-order valence-corrected chi connectivity index (χ4v) is 23.6. The van der Waals surface area contributed by atoms with Crippen molar-refractivity contribution in [3.05, 3.63) is 11.1 Å². The van der Waals surface area contributed by atoms with Gasteiger partial charge in [0.25, 0.3) is 0 Å². The number of hydrogen-bond acceptors (Lipinski definition) is 3. The Morgan fingerprint density at radius 2 is 1.44 bits per heavy atom. The molecule has 1 aromatic heterocycles. The van der Waals surface area contributed by atoms with Crippen LogP contribution < -0.4 is 3.02 Å². The van der Waals surface area contributed by atoms with Crippen LogP contribution in [0.5, 0.6) is 0 Å². The first-order valence-electron chi connectivity index (χ1n) is 11.2. The molecule has 0 atom stereocenters. The van der Waals surface area contributed by atoms with Crippen LogP contribution >= 0.6 is 11.3 Å². The summed E-state index contributed by atoms with van der Waals surface area (Å²) < 4.78 is 12.6. The Kier molecular flexibility index (Phi) is 11.1. The third kappa shape index (κ3) is 7.74. The van der Waals surface area contributed by atoms with Gasteiger partial charge in [-0.15, -0.1) is 0 Å². The van der Waals surface area contributed by atoms with Gasteiger partial charge in [0.15, 0.2) is 0 Å². The zero-order valence-electron chi connectivity index (χ0n) is 19.4. The van der Waals surface area contributed by atoms with E-state index < -0.39 is 26.7 Å². The number of rotatable bonds is 13. The average molecular weight is 518 g/mol. The standard InChI is InChI=1S/C10H18NOSSi.3C4H9.Sn/c1-10(2,3)14(4,5)12-6-9-7-13-8-11-9;3*1-3-4-2;/h7H,6H2,1-5H3;3*1,3-4H2,2H3;. The van der Waals surface area contributed by atoms with Crippen molar-refractivity contribution in [1.29, 1.82) is 0 Å². The quantitative estimate of drug-likeness (QED) is 0.250. The van der Waals surface area contributed by atoms with Gasteiger partial charge >= 0.3 is 180 Å². The normalized spacial score (nSPS) is 13.3. The number of nitrogens with zero attached hydrogens (tertiary/aromatic N) is 1. The summed E-state index contributed by atoms with van der Waals surface area (Å²) in [5.74, 6) is 0. The van der Waals surface area contributed by atoms with Gasteiger partial charge in [-0.1, -0.05) is 0 Å². The van der Waals surface area contributed by atoms with Crippen LogP contribution in [0, 0.1) is 0 Å². The molecular formula is C22H45NOSSiSn. The van der Waals surface area contributed by atoms with E-state index in [0.717, 1.165) is 0 Å². The summed E-state index contributed by atoms with van der Waals surface area (Å²) in [6, 6.07) is 0. The summed E-state index contributed by atoms with van der Waals surface area (Å²) in [5.41, 5.74) is 1.20. The van der Waals surface area contributed by atoms with Crippen molar-refractivity contribution >= 4 is 41.1 Å². The summed E-state index contributed by atoms with van der Waals surface area (Å²) in [4.78, 5) is 5.24. The van der Waals surface area contributed by atoms with Crippen LogP contribution in [-0.4, -0.2) is 31.7 Å². The Balaban J connectivity index is 2.99. The molecule has 158 valence electrons. The topological polar surface area (TPSA) is 22.1 Å². The molecule has 0 unspecified atom stereocenters. The van der Waals surface area contributed by atoms with E-state index >= 15 is 0 Å². The fraction of sp³-hybridized carbons (Fsp3) is 0.864. The first-order chi connectivity index (χ1) is 12.6. The van der Waals surface area contributed by atoms with E-state index in [9.17, 15) is 0 Å². The molecule has 0 saturated heterocycles. The Bertz CT molecular complexity index is 517. The second-order valence-corrected chi connectivity index (χ2v) is 29.4.